The Bertz CT molecular complexity index is 654. The van der Waals surface area contributed by atoms with Crippen LogP contribution in [0.15, 0.2) is 42.6 Å². The van der Waals surface area contributed by atoms with Crippen LogP contribution < -0.4 is 15.4 Å². The summed E-state index contributed by atoms with van der Waals surface area (Å²) in [5, 5.41) is 6.13. The highest BCUT2D eigenvalue weighted by Gasteiger charge is 2.08. The van der Waals surface area contributed by atoms with Crippen LogP contribution >= 0.6 is 0 Å². The highest BCUT2D eigenvalue weighted by Crippen LogP contribution is 2.16. The van der Waals surface area contributed by atoms with Crippen molar-refractivity contribution >= 4 is 17.3 Å². The molecular weight excluding hydrogens is 316 g/mol. The molecule has 0 atom stereocenters. The molecule has 1 amide bonds. The Labute approximate surface area is 149 Å². The Morgan fingerprint density at radius 1 is 1.12 bits per heavy atom. The largest absolute Gasteiger partial charge is 0.494 e. The maximum absolute atomic E-state index is 12.2. The lowest BCUT2D eigenvalue weighted by atomic mass is 10.2. The van der Waals surface area contributed by atoms with Crippen molar-refractivity contribution in [3.63, 3.8) is 0 Å². The number of ether oxygens (including phenoxy) is 1. The van der Waals surface area contributed by atoms with Crippen molar-refractivity contribution in [1.82, 2.24) is 9.88 Å². The molecule has 2 N–H and O–H groups in total. The Hall–Kier alpha value is -2.60. The molecule has 2 aromatic rings. The minimum Gasteiger partial charge on any atom is -0.494 e. The lowest BCUT2D eigenvalue weighted by molar-refractivity contribution is 0.102. The second-order valence-electron chi connectivity index (χ2n) is 5.93. The summed E-state index contributed by atoms with van der Waals surface area (Å²) >= 11 is 0. The van der Waals surface area contributed by atoms with Crippen LogP contribution in [0.25, 0.3) is 0 Å². The molecule has 1 aromatic carbocycles. The average Bonchev–Trinajstić information content (AvgIpc) is 2.61. The Morgan fingerprint density at radius 2 is 1.84 bits per heavy atom. The van der Waals surface area contributed by atoms with E-state index in [0.717, 1.165) is 30.9 Å². The molecule has 0 spiro atoms. The van der Waals surface area contributed by atoms with Gasteiger partial charge < -0.3 is 20.3 Å². The van der Waals surface area contributed by atoms with Gasteiger partial charge in [0.15, 0.2) is 0 Å². The maximum Gasteiger partial charge on any atom is 0.274 e. The number of anilines is 2. The number of nitrogens with one attached hydrogen (secondary N) is 2. The lowest BCUT2D eigenvalue weighted by Gasteiger charge is -2.11. The van der Waals surface area contributed by atoms with E-state index in [9.17, 15) is 4.79 Å². The number of nitrogens with zero attached hydrogens (tertiary/aromatic N) is 2. The van der Waals surface area contributed by atoms with Gasteiger partial charge >= 0.3 is 0 Å². The van der Waals surface area contributed by atoms with Gasteiger partial charge in [-0.05, 0) is 70.4 Å². The molecule has 0 aliphatic heterocycles. The van der Waals surface area contributed by atoms with Gasteiger partial charge in [0.1, 0.15) is 11.4 Å². The van der Waals surface area contributed by atoms with Crippen molar-refractivity contribution in [2.45, 2.75) is 13.3 Å². The van der Waals surface area contributed by atoms with E-state index >= 15 is 0 Å². The molecule has 1 aromatic heterocycles. The predicted octanol–water partition coefficient (Wildman–Crippen LogP) is 3.10. The molecule has 0 saturated heterocycles. The average molecular weight is 342 g/mol. The molecule has 0 radical (unpaired) electrons. The summed E-state index contributed by atoms with van der Waals surface area (Å²) in [4.78, 5) is 18.6. The molecule has 2 rings (SSSR count). The topological polar surface area (TPSA) is 66.5 Å². The van der Waals surface area contributed by atoms with Crippen LogP contribution in [0.3, 0.4) is 0 Å². The lowest BCUT2D eigenvalue weighted by Crippen LogP contribution is -2.16. The zero-order chi connectivity index (χ0) is 18.1. The number of amides is 1. The third-order valence-electron chi connectivity index (χ3n) is 3.53. The van der Waals surface area contributed by atoms with Crippen LogP contribution in [-0.4, -0.2) is 49.6 Å². The third kappa shape index (κ3) is 6.43. The minimum absolute atomic E-state index is 0.233. The number of carbonyl (C=O) groups is 1. The van der Waals surface area contributed by atoms with Crippen molar-refractivity contribution in [3.05, 3.63) is 48.3 Å². The number of pyridine rings is 1. The van der Waals surface area contributed by atoms with E-state index in [1.165, 1.54) is 0 Å². The van der Waals surface area contributed by atoms with Crippen LogP contribution in [0.2, 0.25) is 0 Å². The smallest absolute Gasteiger partial charge is 0.274 e. The van der Waals surface area contributed by atoms with E-state index in [2.05, 4.69) is 34.6 Å². The molecule has 6 nitrogen and oxygen atoms in total. The van der Waals surface area contributed by atoms with Gasteiger partial charge in [-0.25, -0.2) is 4.98 Å². The summed E-state index contributed by atoms with van der Waals surface area (Å²) in [6, 6.07) is 10.9. The van der Waals surface area contributed by atoms with E-state index in [1.807, 2.05) is 37.3 Å². The second kappa shape index (κ2) is 9.64. The molecule has 0 saturated carbocycles. The number of hydrogen-bond acceptors (Lipinski definition) is 5. The zero-order valence-corrected chi connectivity index (χ0v) is 15.1. The number of hydrogen-bond donors (Lipinski definition) is 2. The molecule has 1 heterocycles. The molecule has 0 bridgehead atoms. The first-order valence-corrected chi connectivity index (χ1v) is 8.47. The molecular formula is C19H26N4O2. The van der Waals surface area contributed by atoms with Crippen LogP contribution in [0.4, 0.5) is 11.4 Å². The van der Waals surface area contributed by atoms with Crippen LogP contribution in [0.1, 0.15) is 23.8 Å². The Kier molecular flexibility index (Phi) is 7.22. The van der Waals surface area contributed by atoms with Crippen LogP contribution in [-0.2, 0) is 0 Å². The summed E-state index contributed by atoms with van der Waals surface area (Å²) < 4.78 is 5.38. The standard InChI is InChI=1S/C19H26N4O2/c1-4-25-17-9-6-15(7-10-17)22-19(24)18-11-8-16(14-21-18)20-12-5-13-23(2)3/h6-11,14,20H,4-5,12-13H2,1-3H3,(H,22,24). The van der Waals surface area contributed by atoms with Crippen molar-refractivity contribution in [2.24, 2.45) is 0 Å². The maximum atomic E-state index is 12.2. The van der Waals surface area contributed by atoms with Gasteiger partial charge in [0.25, 0.3) is 5.91 Å². The van der Waals surface area contributed by atoms with E-state index in [-0.39, 0.29) is 5.91 Å². The predicted molar refractivity (Wildman–Crippen MR) is 101 cm³/mol. The fourth-order valence-electron chi connectivity index (χ4n) is 2.26. The molecule has 0 fully saturated rings. The number of benzene rings is 1. The molecule has 0 aliphatic carbocycles. The number of aromatic nitrogens is 1. The number of carbonyl (C=O) groups excluding carboxylic acids is 1. The number of rotatable bonds is 9. The van der Waals surface area contributed by atoms with E-state index in [4.69, 9.17) is 4.74 Å². The van der Waals surface area contributed by atoms with Crippen molar-refractivity contribution in [1.29, 1.82) is 0 Å². The van der Waals surface area contributed by atoms with Crippen LogP contribution in [0.5, 0.6) is 5.75 Å². The SMILES string of the molecule is CCOc1ccc(NC(=O)c2ccc(NCCCN(C)C)cn2)cc1. The quantitative estimate of drug-likeness (QED) is 0.686. The highest BCUT2D eigenvalue weighted by molar-refractivity contribution is 6.02. The Morgan fingerprint density at radius 3 is 2.44 bits per heavy atom. The molecule has 6 heteroatoms. The van der Waals surface area contributed by atoms with Crippen molar-refractivity contribution in [3.8, 4) is 5.75 Å². The van der Waals surface area contributed by atoms with Gasteiger partial charge in [0, 0.05) is 12.2 Å². The first kappa shape index (κ1) is 18.7. The van der Waals surface area contributed by atoms with E-state index < -0.39 is 0 Å². The van der Waals surface area contributed by atoms with Gasteiger partial charge in [0.05, 0.1) is 18.5 Å². The first-order valence-electron chi connectivity index (χ1n) is 8.47. The fourth-order valence-corrected chi connectivity index (χ4v) is 2.26. The third-order valence-corrected chi connectivity index (χ3v) is 3.53. The highest BCUT2D eigenvalue weighted by atomic mass is 16.5. The fraction of sp³-hybridized carbons (Fsp3) is 0.368. The van der Waals surface area contributed by atoms with Gasteiger partial charge in [-0.15, -0.1) is 0 Å². The van der Waals surface area contributed by atoms with Gasteiger partial charge in [-0.3, -0.25) is 4.79 Å². The van der Waals surface area contributed by atoms with Gasteiger partial charge in [-0.1, -0.05) is 0 Å². The molecule has 134 valence electrons. The summed E-state index contributed by atoms with van der Waals surface area (Å²) in [5.41, 5.74) is 2.00. The second-order valence-corrected chi connectivity index (χ2v) is 5.93. The summed E-state index contributed by atoms with van der Waals surface area (Å²) in [5.74, 6) is 0.548. The zero-order valence-electron chi connectivity index (χ0n) is 15.1. The van der Waals surface area contributed by atoms with E-state index in [0.29, 0.717) is 18.0 Å². The summed E-state index contributed by atoms with van der Waals surface area (Å²) in [6.07, 6.45) is 2.73. The molecule has 25 heavy (non-hydrogen) atoms. The monoisotopic (exact) mass is 342 g/mol. The Balaban J connectivity index is 1.85. The summed E-state index contributed by atoms with van der Waals surface area (Å²) in [7, 11) is 4.11. The van der Waals surface area contributed by atoms with Gasteiger partial charge in [0.2, 0.25) is 0 Å². The minimum atomic E-state index is -0.233. The molecule has 0 unspecified atom stereocenters. The van der Waals surface area contributed by atoms with Crippen molar-refractivity contribution < 1.29 is 9.53 Å². The summed E-state index contributed by atoms with van der Waals surface area (Å²) in [6.45, 7) is 4.45. The van der Waals surface area contributed by atoms with Crippen molar-refractivity contribution in [2.75, 3.05) is 44.4 Å². The normalized spacial score (nSPS) is 10.6. The molecule has 0 aliphatic rings. The first-order chi connectivity index (χ1) is 12.1. The van der Waals surface area contributed by atoms with Crippen LogP contribution in [0, 0.1) is 0 Å². The van der Waals surface area contributed by atoms with Gasteiger partial charge in [-0.2, -0.15) is 0 Å². The van der Waals surface area contributed by atoms with E-state index in [1.54, 1.807) is 12.3 Å².